The molecular formula is C15H24N4O3. The molecule has 0 saturated carbocycles. The van der Waals surface area contributed by atoms with E-state index in [1.165, 1.54) is 4.68 Å². The second kappa shape index (κ2) is 6.24. The predicted molar refractivity (Wildman–Crippen MR) is 80.6 cm³/mol. The van der Waals surface area contributed by atoms with Crippen LogP contribution in [-0.4, -0.2) is 50.5 Å². The molecule has 0 aromatic carbocycles. The van der Waals surface area contributed by atoms with Gasteiger partial charge in [0.25, 0.3) is 0 Å². The molecule has 0 N–H and O–H groups in total. The van der Waals surface area contributed by atoms with Crippen molar-refractivity contribution in [2.75, 3.05) is 13.1 Å². The van der Waals surface area contributed by atoms with Gasteiger partial charge in [-0.2, -0.15) is 5.10 Å². The van der Waals surface area contributed by atoms with Crippen LogP contribution in [0.5, 0.6) is 0 Å². The summed E-state index contributed by atoms with van der Waals surface area (Å²) in [5.41, 5.74) is -0.153. The number of hydrogen-bond acceptors (Lipinski definition) is 4. The zero-order valence-corrected chi connectivity index (χ0v) is 13.3. The van der Waals surface area contributed by atoms with Crippen LogP contribution in [0.2, 0.25) is 0 Å². The van der Waals surface area contributed by atoms with E-state index in [1.54, 1.807) is 9.47 Å². The minimum atomic E-state index is -0.153. The number of nitrogens with zero attached hydrogens (tertiary/aromatic N) is 4. The monoisotopic (exact) mass is 308 g/mol. The second-order valence-corrected chi connectivity index (χ2v) is 6.37. The van der Waals surface area contributed by atoms with E-state index < -0.39 is 0 Å². The number of aryl methyl sites for hydroxylation is 1. The number of rotatable bonds is 2. The average Bonchev–Trinajstić information content (AvgIpc) is 2.65. The van der Waals surface area contributed by atoms with E-state index in [-0.39, 0.29) is 30.3 Å². The molecule has 0 aliphatic carbocycles. The summed E-state index contributed by atoms with van der Waals surface area (Å²) in [5.74, 6) is 0.761. The summed E-state index contributed by atoms with van der Waals surface area (Å²) in [4.78, 5) is 26.6. The molecule has 0 spiro atoms. The highest BCUT2D eigenvalue weighted by Crippen LogP contribution is 2.12. The fraction of sp³-hybridized carbons (Fsp3) is 0.800. The Morgan fingerprint density at radius 2 is 1.95 bits per heavy atom. The van der Waals surface area contributed by atoms with Crippen molar-refractivity contribution in [1.82, 2.24) is 19.2 Å². The number of amides is 1. The minimum absolute atomic E-state index is 0.0261. The fourth-order valence-electron chi connectivity index (χ4n) is 3.34. The van der Waals surface area contributed by atoms with Crippen molar-refractivity contribution in [3.05, 3.63) is 16.3 Å². The molecule has 2 unspecified atom stereocenters. The molecule has 1 aromatic heterocycles. The van der Waals surface area contributed by atoms with Gasteiger partial charge in [0.2, 0.25) is 5.91 Å². The lowest BCUT2D eigenvalue weighted by Gasteiger charge is -2.35. The Balaban J connectivity index is 1.73. The van der Waals surface area contributed by atoms with Crippen LogP contribution in [0.25, 0.3) is 0 Å². The highest BCUT2D eigenvalue weighted by Gasteiger charge is 2.27. The Labute approximate surface area is 129 Å². The molecule has 0 bridgehead atoms. The summed E-state index contributed by atoms with van der Waals surface area (Å²) in [6, 6.07) is 0. The second-order valence-electron chi connectivity index (χ2n) is 6.37. The van der Waals surface area contributed by atoms with Crippen molar-refractivity contribution in [1.29, 1.82) is 0 Å². The maximum atomic E-state index is 12.5. The van der Waals surface area contributed by atoms with Crippen LogP contribution in [0.3, 0.4) is 0 Å². The van der Waals surface area contributed by atoms with Crippen LogP contribution in [0.4, 0.5) is 0 Å². The molecule has 2 aliphatic heterocycles. The van der Waals surface area contributed by atoms with Crippen molar-refractivity contribution >= 4 is 5.91 Å². The maximum absolute atomic E-state index is 12.5. The number of hydrogen-bond donors (Lipinski definition) is 0. The highest BCUT2D eigenvalue weighted by molar-refractivity contribution is 5.76. The Kier molecular flexibility index (Phi) is 4.33. The van der Waals surface area contributed by atoms with E-state index in [1.807, 2.05) is 13.8 Å². The van der Waals surface area contributed by atoms with E-state index in [2.05, 4.69) is 5.10 Å². The zero-order chi connectivity index (χ0) is 15.7. The third-order valence-electron chi connectivity index (χ3n) is 4.34. The van der Waals surface area contributed by atoms with Gasteiger partial charge in [-0.1, -0.05) is 6.42 Å². The zero-order valence-electron chi connectivity index (χ0n) is 13.3. The standard InChI is InChI=1S/C15H24N4O3/c1-11-8-17(9-12(2)22-11)14(20)10-19-15(21)18-7-5-3-4-6-13(18)16-19/h11-12H,3-10H2,1-2H3. The Morgan fingerprint density at radius 3 is 2.68 bits per heavy atom. The summed E-state index contributed by atoms with van der Waals surface area (Å²) >= 11 is 0. The summed E-state index contributed by atoms with van der Waals surface area (Å²) in [6.07, 6.45) is 4.08. The molecule has 7 nitrogen and oxygen atoms in total. The third-order valence-corrected chi connectivity index (χ3v) is 4.34. The van der Waals surface area contributed by atoms with Crippen LogP contribution < -0.4 is 5.69 Å². The fourth-order valence-corrected chi connectivity index (χ4v) is 3.34. The van der Waals surface area contributed by atoms with Gasteiger partial charge in [0.15, 0.2) is 0 Å². The van der Waals surface area contributed by atoms with E-state index in [9.17, 15) is 9.59 Å². The van der Waals surface area contributed by atoms with Crippen LogP contribution in [-0.2, 0) is 29.0 Å². The lowest BCUT2D eigenvalue weighted by molar-refractivity contribution is -0.144. The van der Waals surface area contributed by atoms with Crippen molar-refractivity contribution in [2.45, 2.75) is 64.8 Å². The van der Waals surface area contributed by atoms with E-state index in [0.717, 1.165) is 31.5 Å². The van der Waals surface area contributed by atoms with E-state index in [4.69, 9.17) is 4.74 Å². The molecule has 122 valence electrons. The first kappa shape index (κ1) is 15.3. The topological polar surface area (TPSA) is 69.4 Å². The van der Waals surface area contributed by atoms with Crippen molar-refractivity contribution in [3.8, 4) is 0 Å². The van der Waals surface area contributed by atoms with Crippen molar-refractivity contribution < 1.29 is 9.53 Å². The van der Waals surface area contributed by atoms with Gasteiger partial charge in [-0.25, -0.2) is 9.48 Å². The summed E-state index contributed by atoms with van der Waals surface area (Å²) < 4.78 is 8.69. The number of morpholine rings is 1. The van der Waals surface area contributed by atoms with E-state index in [0.29, 0.717) is 19.6 Å². The largest absolute Gasteiger partial charge is 0.372 e. The SMILES string of the molecule is CC1CN(C(=O)Cn2nc3n(c2=O)CCCCC3)CC(C)O1. The first-order valence-corrected chi connectivity index (χ1v) is 8.14. The van der Waals surface area contributed by atoms with Gasteiger partial charge in [-0.15, -0.1) is 0 Å². The molecule has 0 radical (unpaired) electrons. The summed E-state index contributed by atoms with van der Waals surface area (Å²) in [5, 5.41) is 4.37. The minimum Gasteiger partial charge on any atom is -0.372 e. The van der Waals surface area contributed by atoms with Crippen LogP contribution in [0.15, 0.2) is 4.79 Å². The number of carbonyl (C=O) groups is 1. The quantitative estimate of drug-likeness (QED) is 0.793. The van der Waals surface area contributed by atoms with Gasteiger partial charge in [0, 0.05) is 26.1 Å². The Hall–Kier alpha value is -1.63. The van der Waals surface area contributed by atoms with Gasteiger partial charge < -0.3 is 9.64 Å². The number of ether oxygens (including phenoxy) is 1. The molecular weight excluding hydrogens is 284 g/mol. The predicted octanol–water partition coefficient (Wildman–Crippen LogP) is 0.407. The third kappa shape index (κ3) is 3.09. The van der Waals surface area contributed by atoms with Crippen LogP contribution in [0.1, 0.15) is 38.9 Å². The molecule has 22 heavy (non-hydrogen) atoms. The molecule has 2 aliphatic rings. The first-order valence-electron chi connectivity index (χ1n) is 8.14. The number of aromatic nitrogens is 3. The lowest BCUT2D eigenvalue weighted by Crippen LogP contribution is -2.49. The average molecular weight is 308 g/mol. The van der Waals surface area contributed by atoms with Gasteiger partial charge in [0.1, 0.15) is 12.4 Å². The molecule has 7 heteroatoms. The van der Waals surface area contributed by atoms with Gasteiger partial charge in [-0.3, -0.25) is 9.36 Å². The molecule has 3 heterocycles. The number of carbonyl (C=O) groups excluding carboxylic acids is 1. The van der Waals surface area contributed by atoms with E-state index >= 15 is 0 Å². The summed E-state index contributed by atoms with van der Waals surface area (Å²) in [7, 11) is 0. The molecule has 3 rings (SSSR count). The highest BCUT2D eigenvalue weighted by atomic mass is 16.5. The smallest absolute Gasteiger partial charge is 0.346 e. The Bertz CT molecular complexity index is 596. The van der Waals surface area contributed by atoms with Crippen molar-refractivity contribution in [2.24, 2.45) is 0 Å². The molecule has 1 aromatic rings. The van der Waals surface area contributed by atoms with Crippen LogP contribution >= 0.6 is 0 Å². The molecule has 1 amide bonds. The Morgan fingerprint density at radius 1 is 1.23 bits per heavy atom. The lowest BCUT2D eigenvalue weighted by atomic mass is 10.2. The maximum Gasteiger partial charge on any atom is 0.346 e. The first-order chi connectivity index (χ1) is 10.5. The molecule has 1 saturated heterocycles. The molecule has 1 fully saturated rings. The normalized spacial score (nSPS) is 25.6. The number of fused-ring (bicyclic) bond motifs is 1. The van der Waals surface area contributed by atoms with Crippen molar-refractivity contribution in [3.63, 3.8) is 0 Å². The molecule has 2 atom stereocenters. The van der Waals surface area contributed by atoms with Gasteiger partial charge >= 0.3 is 5.69 Å². The summed E-state index contributed by atoms with van der Waals surface area (Å²) in [6.45, 7) is 5.81. The van der Waals surface area contributed by atoms with Gasteiger partial charge in [0.05, 0.1) is 12.2 Å². The van der Waals surface area contributed by atoms with Gasteiger partial charge in [-0.05, 0) is 26.7 Å². The van der Waals surface area contributed by atoms with Crippen LogP contribution in [0, 0.1) is 0 Å².